The summed E-state index contributed by atoms with van der Waals surface area (Å²) in [6, 6.07) is 8.01. The zero-order chi connectivity index (χ0) is 19.6. The van der Waals surface area contributed by atoms with Crippen LogP contribution >= 0.6 is 11.3 Å². The molecule has 0 aliphatic carbocycles. The monoisotopic (exact) mass is 408 g/mol. The van der Waals surface area contributed by atoms with Gasteiger partial charge < -0.3 is 14.0 Å². The van der Waals surface area contributed by atoms with Gasteiger partial charge in [-0.05, 0) is 36.4 Å². The summed E-state index contributed by atoms with van der Waals surface area (Å²) in [4.78, 5) is 0.141. The third-order valence-corrected chi connectivity index (χ3v) is 6.30. The molecule has 27 heavy (non-hydrogen) atoms. The lowest BCUT2D eigenvalue weighted by Crippen LogP contribution is -2.16. The zero-order valence-corrected chi connectivity index (χ0v) is 16.3. The van der Waals surface area contributed by atoms with Crippen molar-refractivity contribution >= 4 is 31.6 Å². The van der Waals surface area contributed by atoms with Crippen LogP contribution in [0.4, 0.5) is 4.39 Å². The molecule has 0 bridgehead atoms. The molecule has 0 amide bonds. The minimum atomic E-state index is -4.03. The lowest BCUT2D eigenvalue weighted by Gasteiger charge is -2.08. The minimum absolute atomic E-state index is 0.0922. The Morgan fingerprint density at radius 2 is 1.78 bits per heavy atom. The van der Waals surface area contributed by atoms with Crippen LogP contribution < -0.4 is 14.3 Å². The Kier molecular flexibility index (Phi) is 5.33. The van der Waals surface area contributed by atoms with Gasteiger partial charge in [-0.2, -0.15) is 8.42 Å². The Morgan fingerprint density at radius 3 is 2.37 bits per heavy atom. The number of hydrogen-bond donors (Lipinski definition) is 0. The van der Waals surface area contributed by atoms with Gasteiger partial charge in [0.2, 0.25) is 4.80 Å². The first-order valence-corrected chi connectivity index (χ1v) is 10.1. The summed E-state index contributed by atoms with van der Waals surface area (Å²) in [5, 5.41) is 0. The highest BCUT2D eigenvalue weighted by molar-refractivity contribution is 7.90. The molecule has 1 aromatic heterocycles. The van der Waals surface area contributed by atoms with Crippen LogP contribution in [0.1, 0.15) is 0 Å². The molecule has 0 saturated heterocycles. The Balaban J connectivity index is 2.33. The summed E-state index contributed by atoms with van der Waals surface area (Å²) in [6.07, 6.45) is 1.63. The number of thiazole rings is 1. The average Bonchev–Trinajstić information content (AvgIpc) is 2.99. The van der Waals surface area contributed by atoms with E-state index in [1.807, 2.05) is 0 Å². The number of hydrogen-bond acceptors (Lipinski definition) is 5. The molecule has 0 spiro atoms. The maximum absolute atomic E-state index is 13.1. The lowest BCUT2D eigenvalue weighted by molar-refractivity contribution is 0.409. The molecule has 2 aromatic carbocycles. The molecule has 6 nitrogen and oxygen atoms in total. The smallest absolute Gasteiger partial charge is 0.285 e. The largest absolute Gasteiger partial charge is 0.495 e. The van der Waals surface area contributed by atoms with Crippen molar-refractivity contribution in [3.63, 3.8) is 0 Å². The van der Waals surface area contributed by atoms with Crippen LogP contribution in [-0.4, -0.2) is 27.2 Å². The van der Waals surface area contributed by atoms with Gasteiger partial charge in [0.15, 0.2) is 0 Å². The second-order valence-corrected chi connectivity index (χ2v) is 8.03. The van der Waals surface area contributed by atoms with Gasteiger partial charge in [-0.25, -0.2) is 4.39 Å². The van der Waals surface area contributed by atoms with Gasteiger partial charge in [0.05, 0.1) is 19.1 Å². The molecule has 0 N–H and O–H groups in total. The van der Waals surface area contributed by atoms with Crippen molar-refractivity contribution in [3.05, 3.63) is 59.7 Å². The van der Waals surface area contributed by atoms with E-state index in [1.54, 1.807) is 22.8 Å². The molecule has 0 aliphatic heterocycles. The van der Waals surface area contributed by atoms with Gasteiger partial charge in [0.25, 0.3) is 10.0 Å². The third kappa shape index (κ3) is 3.60. The van der Waals surface area contributed by atoms with Crippen molar-refractivity contribution in [1.82, 2.24) is 4.57 Å². The number of ether oxygens (including phenoxy) is 2. The van der Waals surface area contributed by atoms with Gasteiger partial charge in [-0.15, -0.1) is 11.0 Å². The topological polar surface area (TPSA) is 69.9 Å². The summed E-state index contributed by atoms with van der Waals surface area (Å²) < 4.78 is 55.6. The molecule has 0 aliphatic rings. The number of allylic oxidation sites excluding steroid dienone is 1. The molecule has 0 unspecified atom stereocenters. The first-order chi connectivity index (χ1) is 12.9. The van der Waals surface area contributed by atoms with Gasteiger partial charge in [0.1, 0.15) is 27.5 Å². The molecular weight excluding hydrogens is 391 g/mol. The predicted octanol–water partition coefficient (Wildman–Crippen LogP) is 3.33. The van der Waals surface area contributed by atoms with E-state index < -0.39 is 15.8 Å². The number of halogens is 1. The molecule has 3 aromatic rings. The van der Waals surface area contributed by atoms with E-state index in [9.17, 15) is 12.8 Å². The van der Waals surface area contributed by atoms with Crippen LogP contribution in [0.3, 0.4) is 0 Å². The van der Waals surface area contributed by atoms with Crippen molar-refractivity contribution in [2.75, 3.05) is 14.2 Å². The molecule has 3 rings (SSSR count). The molecule has 0 fully saturated rings. The zero-order valence-electron chi connectivity index (χ0n) is 14.7. The summed E-state index contributed by atoms with van der Waals surface area (Å²) in [5.41, 5.74) is 0.662. The summed E-state index contributed by atoms with van der Waals surface area (Å²) in [5.74, 6) is 0.616. The van der Waals surface area contributed by atoms with Crippen molar-refractivity contribution in [1.29, 1.82) is 0 Å². The van der Waals surface area contributed by atoms with Crippen LogP contribution in [0.2, 0.25) is 0 Å². The maximum Gasteiger partial charge on any atom is 0.285 e. The third-order valence-electron chi connectivity index (χ3n) is 3.81. The number of methoxy groups -OCH3 is 2. The van der Waals surface area contributed by atoms with Gasteiger partial charge in [-0.1, -0.05) is 17.4 Å². The van der Waals surface area contributed by atoms with Crippen molar-refractivity contribution in [3.8, 4) is 11.5 Å². The number of nitrogens with zero attached hydrogens (tertiary/aromatic N) is 2. The SMILES string of the molecule is C=CCn1c(=NS(=O)(=O)c2ccc(F)cc2)sc2c(OC)ccc(OC)c21. The van der Waals surface area contributed by atoms with E-state index in [-0.39, 0.29) is 9.70 Å². The van der Waals surface area contributed by atoms with Crippen LogP contribution in [0.5, 0.6) is 11.5 Å². The maximum atomic E-state index is 13.1. The molecule has 0 saturated carbocycles. The van der Waals surface area contributed by atoms with Crippen molar-refractivity contribution in [2.24, 2.45) is 4.40 Å². The number of aromatic nitrogens is 1. The van der Waals surface area contributed by atoms with E-state index in [4.69, 9.17) is 9.47 Å². The fourth-order valence-corrected chi connectivity index (χ4v) is 4.94. The second-order valence-electron chi connectivity index (χ2n) is 5.45. The quantitative estimate of drug-likeness (QED) is 0.587. The van der Waals surface area contributed by atoms with Gasteiger partial charge in [-0.3, -0.25) is 0 Å². The molecule has 9 heteroatoms. The normalized spacial score (nSPS) is 12.3. The first-order valence-electron chi connectivity index (χ1n) is 7.83. The second kappa shape index (κ2) is 7.53. The van der Waals surface area contributed by atoms with Gasteiger partial charge in [0, 0.05) is 6.54 Å². The highest BCUT2D eigenvalue weighted by atomic mass is 32.2. The van der Waals surface area contributed by atoms with E-state index >= 15 is 0 Å². The Bertz CT molecular complexity index is 1160. The van der Waals surface area contributed by atoms with Crippen LogP contribution in [0, 0.1) is 5.82 Å². The Labute approximate surface area is 159 Å². The molecule has 1 heterocycles. The molecular formula is C18H17FN2O4S2. The van der Waals surface area contributed by atoms with Crippen molar-refractivity contribution < 1.29 is 22.3 Å². The van der Waals surface area contributed by atoms with E-state index in [2.05, 4.69) is 11.0 Å². The summed E-state index contributed by atoms with van der Waals surface area (Å²) >= 11 is 1.16. The van der Waals surface area contributed by atoms with Crippen LogP contribution in [-0.2, 0) is 16.6 Å². The molecule has 142 valence electrons. The molecule has 0 radical (unpaired) electrons. The lowest BCUT2D eigenvalue weighted by atomic mass is 10.3. The van der Waals surface area contributed by atoms with E-state index in [0.29, 0.717) is 28.3 Å². The van der Waals surface area contributed by atoms with Crippen molar-refractivity contribution in [2.45, 2.75) is 11.4 Å². The van der Waals surface area contributed by atoms with E-state index in [1.165, 1.54) is 26.4 Å². The highest BCUT2D eigenvalue weighted by Crippen LogP contribution is 2.35. The predicted molar refractivity (Wildman–Crippen MR) is 102 cm³/mol. The Morgan fingerprint density at radius 1 is 1.15 bits per heavy atom. The van der Waals surface area contributed by atoms with Gasteiger partial charge >= 0.3 is 0 Å². The fraction of sp³-hybridized carbons (Fsp3) is 0.167. The number of rotatable bonds is 6. The minimum Gasteiger partial charge on any atom is -0.495 e. The number of benzene rings is 2. The number of fused-ring (bicyclic) bond motifs is 1. The summed E-state index contributed by atoms with van der Waals surface area (Å²) in [7, 11) is -0.962. The average molecular weight is 408 g/mol. The van der Waals surface area contributed by atoms with Crippen LogP contribution in [0.25, 0.3) is 10.2 Å². The number of sulfonamides is 1. The Hall–Kier alpha value is -2.65. The highest BCUT2D eigenvalue weighted by Gasteiger charge is 2.18. The fourth-order valence-electron chi connectivity index (χ4n) is 2.58. The summed E-state index contributed by atoms with van der Waals surface area (Å²) in [6.45, 7) is 4.05. The standard InChI is InChI=1S/C18H17FN2O4S2/c1-4-11-21-16-14(24-2)9-10-15(25-3)17(16)26-18(21)20-27(22,23)13-7-5-12(19)6-8-13/h4-10H,1,11H2,2-3H3. The van der Waals surface area contributed by atoms with E-state index in [0.717, 1.165) is 23.5 Å². The molecule has 0 atom stereocenters. The van der Waals surface area contributed by atoms with Crippen LogP contribution in [0.15, 0.2) is 58.3 Å². The first kappa shape index (κ1) is 19.1.